The van der Waals surface area contributed by atoms with Crippen molar-refractivity contribution in [3.05, 3.63) is 38.9 Å². The number of ketones is 1. The molecule has 1 amide bonds. The van der Waals surface area contributed by atoms with Crippen molar-refractivity contribution >= 4 is 29.0 Å². The van der Waals surface area contributed by atoms with E-state index in [0.29, 0.717) is 5.69 Å². The summed E-state index contributed by atoms with van der Waals surface area (Å²) in [6.07, 6.45) is 0. The van der Waals surface area contributed by atoms with Gasteiger partial charge in [0.2, 0.25) is 11.7 Å². The summed E-state index contributed by atoms with van der Waals surface area (Å²) in [5.41, 5.74) is 0.384. The number of nitro groups is 1. The maximum atomic E-state index is 12.4. The van der Waals surface area contributed by atoms with Gasteiger partial charge in [-0.15, -0.1) is 0 Å². The van der Waals surface area contributed by atoms with Crippen LogP contribution in [-0.4, -0.2) is 23.2 Å². The molecule has 0 aliphatic heterocycles. The van der Waals surface area contributed by atoms with E-state index in [1.807, 2.05) is 27.7 Å². The highest BCUT2D eigenvalue weighted by Crippen LogP contribution is 2.68. The molecule has 0 heterocycles. The zero-order valence-corrected chi connectivity index (χ0v) is 14.2. The Morgan fingerprint density at radius 1 is 1.26 bits per heavy atom. The average Bonchev–Trinajstić information content (AvgIpc) is 2.78. The molecule has 1 fully saturated rings. The van der Waals surface area contributed by atoms with Gasteiger partial charge in [-0.2, -0.15) is 0 Å². The summed E-state index contributed by atoms with van der Waals surface area (Å²) in [7, 11) is 0. The summed E-state index contributed by atoms with van der Waals surface area (Å²) >= 11 is 6.00. The lowest BCUT2D eigenvalue weighted by Gasteiger charge is -2.08. The van der Waals surface area contributed by atoms with Crippen LogP contribution in [0.4, 0.5) is 5.69 Å². The number of amides is 1. The monoisotopic (exact) mass is 338 g/mol. The number of rotatable bonds is 5. The van der Waals surface area contributed by atoms with Crippen molar-refractivity contribution in [2.75, 3.05) is 11.9 Å². The quantitative estimate of drug-likeness (QED) is 0.506. The molecule has 0 saturated heterocycles. The van der Waals surface area contributed by atoms with Crippen molar-refractivity contribution < 1.29 is 14.5 Å². The van der Waals surface area contributed by atoms with E-state index < -0.39 is 17.3 Å². The Bertz CT molecular complexity index is 683. The fraction of sp³-hybridized carbons (Fsp3) is 0.500. The highest BCUT2D eigenvalue weighted by molar-refractivity contribution is 6.34. The lowest BCUT2D eigenvalue weighted by molar-refractivity contribution is -0.465. The Morgan fingerprint density at radius 2 is 1.83 bits per heavy atom. The standard InChI is InChI=1S/C16H19ClN2O4/c1-15(2)13(16(15,3)4)14(21)18-9-5-6-10(11(17)7-9)12(20)8-19(22)23/h5-7,13H,8H2,1-4H3,(H,18,21). The number of nitrogens with one attached hydrogen (secondary N) is 1. The van der Waals surface area contributed by atoms with Gasteiger partial charge in [0.05, 0.1) is 5.02 Å². The number of anilines is 1. The summed E-state index contributed by atoms with van der Waals surface area (Å²) in [5, 5.41) is 13.3. The molecule has 0 spiro atoms. The van der Waals surface area contributed by atoms with Gasteiger partial charge in [0.15, 0.2) is 0 Å². The van der Waals surface area contributed by atoms with E-state index in [1.54, 1.807) is 0 Å². The van der Waals surface area contributed by atoms with Crippen LogP contribution in [0.2, 0.25) is 5.02 Å². The second kappa shape index (κ2) is 5.60. The van der Waals surface area contributed by atoms with Crippen LogP contribution >= 0.6 is 11.6 Å². The van der Waals surface area contributed by atoms with Crippen LogP contribution < -0.4 is 5.32 Å². The minimum absolute atomic E-state index is 0.0773. The molecule has 1 aliphatic carbocycles. The largest absolute Gasteiger partial charge is 0.326 e. The molecule has 0 radical (unpaired) electrons. The summed E-state index contributed by atoms with van der Waals surface area (Å²) in [4.78, 5) is 33.7. The number of nitrogens with zero attached hydrogens (tertiary/aromatic N) is 1. The third-order valence-corrected chi connectivity index (χ3v) is 5.41. The molecular formula is C16H19ClN2O4. The Labute approximate surface area is 139 Å². The Kier molecular flexibility index (Phi) is 4.24. The lowest BCUT2D eigenvalue weighted by Crippen LogP contribution is -2.18. The van der Waals surface area contributed by atoms with E-state index in [2.05, 4.69) is 5.32 Å². The van der Waals surface area contributed by atoms with E-state index in [0.717, 1.165) is 0 Å². The van der Waals surface area contributed by atoms with Gasteiger partial charge in [-0.3, -0.25) is 19.7 Å². The number of benzene rings is 1. The number of hydrogen-bond acceptors (Lipinski definition) is 4. The predicted molar refractivity (Wildman–Crippen MR) is 87.3 cm³/mol. The van der Waals surface area contributed by atoms with Crippen molar-refractivity contribution in [3.63, 3.8) is 0 Å². The summed E-state index contributed by atoms with van der Waals surface area (Å²) < 4.78 is 0. The number of carbonyl (C=O) groups excluding carboxylic acids is 2. The molecule has 1 N–H and O–H groups in total. The SMILES string of the molecule is CC1(C)C(C(=O)Nc2ccc(C(=O)C[N+](=O)[O-])c(Cl)c2)C1(C)C. The van der Waals surface area contributed by atoms with Crippen LogP contribution in [0.5, 0.6) is 0 Å². The van der Waals surface area contributed by atoms with Crippen LogP contribution in [-0.2, 0) is 4.79 Å². The van der Waals surface area contributed by atoms with Crippen molar-refractivity contribution in [2.24, 2.45) is 16.7 Å². The van der Waals surface area contributed by atoms with Crippen LogP contribution in [0.1, 0.15) is 38.1 Å². The van der Waals surface area contributed by atoms with Gasteiger partial charge in [-0.1, -0.05) is 39.3 Å². The minimum atomic E-state index is -0.810. The first kappa shape index (κ1) is 17.4. The molecule has 0 aromatic heterocycles. The zero-order valence-electron chi connectivity index (χ0n) is 13.5. The van der Waals surface area contributed by atoms with E-state index in [4.69, 9.17) is 11.6 Å². The minimum Gasteiger partial charge on any atom is -0.326 e. The first-order valence-electron chi connectivity index (χ1n) is 7.24. The summed E-state index contributed by atoms with van der Waals surface area (Å²) in [6.45, 7) is 7.37. The zero-order chi connectivity index (χ0) is 17.6. The lowest BCUT2D eigenvalue weighted by atomic mass is 10.0. The molecule has 0 atom stereocenters. The average molecular weight is 339 g/mol. The topological polar surface area (TPSA) is 89.3 Å². The molecule has 0 unspecified atom stereocenters. The highest BCUT2D eigenvalue weighted by Gasteiger charge is 2.68. The first-order chi connectivity index (χ1) is 10.5. The molecule has 1 aromatic rings. The molecule has 6 nitrogen and oxygen atoms in total. The van der Waals surface area contributed by atoms with Gasteiger partial charge in [0.1, 0.15) is 0 Å². The molecular weight excluding hydrogens is 320 g/mol. The Balaban J connectivity index is 2.11. The predicted octanol–water partition coefficient (Wildman–Crippen LogP) is 3.42. The fourth-order valence-electron chi connectivity index (χ4n) is 3.09. The summed E-state index contributed by atoms with van der Waals surface area (Å²) in [5.74, 6) is -0.868. The van der Waals surface area contributed by atoms with Crippen molar-refractivity contribution in [3.8, 4) is 0 Å². The van der Waals surface area contributed by atoms with E-state index in [9.17, 15) is 19.7 Å². The van der Waals surface area contributed by atoms with Crippen molar-refractivity contribution in [1.82, 2.24) is 0 Å². The van der Waals surface area contributed by atoms with E-state index in [-0.39, 0.29) is 33.2 Å². The third kappa shape index (κ3) is 3.08. The van der Waals surface area contributed by atoms with Gasteiger partial charge >= 0.3 is 0 Å². The third-order valence-electron chi connectivity index (χ3n) is 5.09. The van der Waals surface area contributed by atoms with E-state index in [1.165, 1.54) is 18.2 Å². The van der Waals surface area contributed by atoms with Crippen LogP contribution in [0, 0.1) is 26.9 Å². The smallest absolute Gasteiger partial charge is 0.265 e. The second-order valence-electron chi connectivity index (χ2n) is 6.97. The number of Topliss-reactive ketones (excluding diaryl/α,β-unsaturated/α-hetero) is 1. The summed E-state index contributed by atoms with van der Waals surface area (Å²) in [6, 6.07) is 4.36. The first-order valence-corrected chi connectivity index (χ1v) is 7.61. The molecule has 7 heteroatoms. The van der Waals surface area contributed by atoms with Crippen molar-refractivity contribution in [1.29, 1.82) is 0 Å². The van der Waals surface area contributed by atoms with Crippen LogP contribution in [0.3, 0.4) is 0 Å². The Morgan fingerprint density at radius 3 is 2.26 bits per heavy atom. The normalized spacial score (nSPS) is 18.3. The van der Waals surface area contributed by atoms with Crippen molar-refractivity contribution in [2.45, 2.75) is 27.7 Å². The number of halogens is 1. The van der Waals surface area contributed by atoms with Gasteiger partial charge < -0.3 is 5.32 Å². The molecule has 1 aliphatic rings. The van der Waals surface area contributed by atoms with Gasteiger partial charge in [0.25, 0.3) is 6.54 Å². The fourth-order valence-corrected chi connectivity index (χ4v) is 3.37. The molecule has 124 valence electrons. The molecule has 1 saturated carbocycles. The molecule has 1 aromatic carbocycles. The van der Waals surface area contributed by atoms with E-state index >= 15 is 0 Å². The van der Waals surface area contributed by atoms with Gasteiger partial charge in [-0.05, 0) is 29.0 Å². The number of carbonyl (C=O) groups is 2. The highest BCUT2D eigenvalue weighted by atomic mass is 35.5. The molecule has 23 heavy (non-hydrogen) atoms. The molecule has 0 bridgehead atoms. The maximum Gasteiger partial charge on any atom is 0.265 e. The van der Waals surface area contributed by atoms with Crippen LogP contribution in [0.25, 0.3) is 0 Å². The van der Waals surface area contributed by atoms with Gasteiger partial charge in [0, 0.05) is 22.1 Å². The van der Waals surface area contributed by atoms with Crippen LogP contribution in [0.15, 0.2) is 18.2 Å². The van der Waals surface area contributed by atoms with Gasteiger partial charge in [-0.25, -0.2) is 0 Å². The maximum absolute atomic E-state index is 12.4. The molecule has 2 rings (SSSR count). The Hall–Kier alpha value is -1.95. The number of hydrogen-bond donors (Lipinski definition) is 1. The second-order valence-corrected chi connectivity index (χ2v) is 7.38.